The lowest BCUT2D eigenvalue weighted by Gasteiger charge is -2.32. The van der Waals surface area contributed by atoms with Crippen LogP contribution < -0.4 is 11.1 Å². The third-order valence-corrected chi connectivity index (χ3v) is 6.17. The molecule has 3 N–H and O–H groups in total. The summed E-state index contributed by atoms with van der Waals surface area (Å²) in [5, 5.41) is 3.30. The normalized spacial score (nSPS) is 27.8. The van der Waals surface area contributed by atoms with E-state index in [2.05, 4.69) is 12.2 Å². The van der Waals surface area contributed by atoms with Crippen molar-refractivity contribution in [1.29, 1.82) is 0 Å². The predicted molar refractivity (Wildman–Crippen MR) is 79.1 cm³/mol. The molecule has 1 amide bonds. The molecular formula is C11H21ClN2OS2. The number of thioether (sulfide) groups is 2. The van der Waals surface area contributed by atoms with Gasteiger partial charge in [0.15, 0.2) is 0 Å². The van der Waals surface area contributed by atoms with Gasteiger partial charge < -0.3 is 11.1 Å². The Bertz CT molecular complexity index is 270. The number of carbonyl (C=O) groups is 1. The Hall–Kier alpha value is 0.420. The van der Waals surface area contributed by atoms with E-state index in [1.54, 1.807) is 11.8 Å². The molecule has 0 radical (unpaired) electrons. The van der Waals surface area contributed by atoms with Gasteiger partial charge in [-0.15, -0.1) is 24.2 Å². The Balaban J connectivity index is 0.00000144. The molecular weight excluding hydrogens is 276 g/mol. The van der Waals surface area contributed by atoms with E-state index in [1.165, 1.54) is 18.6 Å². The largest absolute Gasteiger partial charge is 0.348 e. The third kappa shape index (κ3) is 3.94. The number of hydrogen-bond acceptors (Lipinski definition) is 4. The molecule has 17 heavy (non-hydrogen) atoms. The van der Waals surface area contributed by atoms with E-state index in [9.17, 15) is 4.79 Å². The lowest BCUT2D eigenvalue weighted by molar-refractivity contribution is -0.122. The first-order valence-corrected chi connectivity index (χ1v) is 8.07. The summed E-state index contributed by atoms with van der Waals surface area (Å²) in [7, 11) is 0. The monoisotopic (exact) mass is 296 g/mol. The third-order valence-electron chi connectivity index (χ3n) is 3.42. The first-order valence-electron chi connectivity index (χ1n) is 5.87. The van der Waals surface area contributed by atoms with Crippen LogP contribution in [0.25, 0.3) is 0 Å². The highest BCUT2D eigenvalue weighted by molar-refractivity contribution is 8.07. The van der Waals surface area contributed by atoms with Crippen molar-refractivity contribution in [2.45, 2.75) is 30.6 Å². The molecule has 2 fully saturated rings. The highest BCUT2D eigenvalue weighted by Crippen LogP contribution is 2.39. The topological polar surface area (TPSA) is 55.1 Å². The fraction of sp³-hybridized carbons (Fsp3) is 0.909. The lowest BCUT2D eigenvalue weighted by atomic mass is 9.96. The molecule has 1 aliphatic heterocycles. The number of nitrogens with one attached hydrogen (secondary N) is 1. The van der Waals surface area contributed by atoms with Crippen LogP contribution in [0.2, 0.25) is 0 Å². The molecule has 0 aromatic carbocycles. The van der Waals surface area contributed by atoms with E-state index in [-0.39, 0.29) is 29.1 Å². The van der Waals surface area contributed by atoms with Gasteiger partial charge in [0.1, 0.15) is 0 Å². The van der Waals surface area contributed by atoms with Crippen molar-refractivity contribution in [1.82, 2.24) is 5.32 Å². The summed E-state index contributed by atoms with van der Waals surface area (Å²) in [4.78, 5) is 12.1. The molecule has 0 spiro atoms. The molecule has 2 rings (SSSR count). The Labute approximate surface area is 118 Å². The first-order chi connectivity index (χ1) is 7.65. The molecule has 1 aliphatic carbocycles. The second-order valence-electron chi connectivity index (χ2n) is 4.82. The molecule has 3 nitrogen and oxygen atoms in total. The average molecular weight is 297 g/mol. The molecule has 2 unspecified atom stereocenters. The molecule has 100 valence electrons. The van der Waals surface area contributed by atoms with Gasteiger partial charge in [-0.2, -0.15) is 11.8 Å². The minimum atomic E-state index is -0.167. The summed E-state index contributed by atoms with van der Waals surface area (Å²) in [6.07, 6.45) is 2.42. The van der Waals surface area contributed by atoms with Gasteiger partial charge in [-0.05, 0) is 25.7 Å². The maximum atomic E-state index is 12.1. The van der Waals surface area contributed by atoms with Crippen molar-refractivity contribution >= 4 is 41.8 Å². The quantitative estimate of drug-likeness (QED) is 0.825. The molecule has 6 heteroatoms. The van der Waals surface area contributed by atoms with Crippen molar-refractivity contribution in [2.75, 3.05) is 23.8 Å². The van der Waals surface area contributed by atoms with E-state index in [1.807, 2.05) is 11.8 Å². The minimum Gasteiger partial charge on any atom is -0.348 e. The second kappa shape index (κ2) is 6.55. The molecule has 1 heterocycles. The first kappa shape index (κ1) is 15.5. The summed E-state index contributed by atoms with van der Waals surface area (Å²) in [6.45, 7) is 2.64. The molecule has 0 aromatic heterocycles. The van der Waals surface area contributed by atoms with Crippen LogP contribution in [0.5, 0.6) is 0 Å². The molecule has 2 atom stereocenters. The molecule has 0 aromatic rings. The van der Waals surface area contributed by atoms with Gasteiger partial charge in [0.2, 0.25) is 5.91 Å². The van der Waals surface area contributed by atoms with Crippen LogP contribution in [-0.2, 0) is 4.79 Å². The highest BCUT2D eigenvalue weighted by Gasteiger charge is 2.42. The van der Waals surface area contributed by atoms with E-state index in [0.29, 0.717) is 12.5 Å². The standard InChI is InChI=1S/C11H20N2OS2.ClH/c1-11(7-12,8-2-3-8)13-10(14)9-6-15-4-5-16-9;/h8-9H,2-7,12H2,1H3,(H,13,14);1H. The van der Waals surface area contributed by atoms with Gasteiger partial charge in [-0.3, -0.25) is 4.79 Å². The molecule has 1 saturated heterocycles. The van der Waals surface area contributed by atoms with Crippen LogP contribution in [-0.4, -0.2) is 40.5 Å². The van der Waals surface area contributed by atoms with E-state index in [4.69, 9.17) is 5.73 Å². The van der Waals surface area contributed by atoms with Crippen molar-refractivity contribution in [3.8, 4) is 0 Å². The summed E-state index contributed by atoms with van der Waals surface area (Å²) < 4.78 is 0. The fourth-order valence-corrected chi connectivity index (χ4v) is 4.60. The number of halogens is 1. The fourth-order valence-electron chi connectivity index (χ4n) is 2.04. The van der Waals surface area contributed by atoms with Gasteiger partial charge in [-0.1, -0.05) is 0 Å². The molecule has 0 bridgehead atoms. The summed E-state index contributed by atoms with van der Waals surface area (Å²) in [5.74, 6) is 4.00. The van der Waals surface area contributed by atoms with E-state index >= 15 is 0 Å². The van der Waals surface area contributed by atoms with E-state index < -0.39 is 0 Å². The summed E-state index contributed by atoms with van der Waals surface area (Å²) in [6, 6.07) is 0. The Morgan fingerprint density at radius 1 is 1.47 bits per heavy atom. The number of hydrogen-bond donors (Lipinski definition) is 2. The van der Waals surface area contributed by atoms with Gasteiger partial charge in [0.05, 0.1) is 10.8 Å². The Morgan fingerprint density at radius 3 is 2.65 bits per heavy atom. The lowest BCUT2D eigenvalue weighted by Crippen LogP contribution is -2.55. The van der Waals surface area contributed by atoms with Crippen molar-refractivity contribution < 1.29 is 4.79 Å². The van der Waals surface area contributed by atoms with E-state index in [0.717, 1.165) is 11.5 Å². The van der Waals surface area contributed by atoms with Crippen LogP contribution >= 0.6 is 35.9 Å². The van der Waals surface area contributed by atoms with Crippen molar-refractivity contribution in [2.24, 2.45) is 11.7 Å². The average Bonchev–Trinajstić information content (AvgIpc) is 3.14. The highest BCUT2D eigenvalue weighted by atomic mass is 35.5. The Kier molecular flexibility index (Phi) is 5.96. The molecule has 1 saturated carbocycles. The van der Waals surface area contributed by atoms with Crippen LogP contribution in [0, 0.1) is 5.92 Å². The number of nitrogens with two attached hydrogens (primary N) is 1. The van der Waals surface area contributed by atoms with Crippen LogP contribution in [0.3, 0.4) is 0 Å². The van der Waals surface area contributed by atoms with Gasteiger partial charge in [-0.25, -0.2) is 0 Å². The van der Waals surface area contributed by atoms with Crippen LogP contribution in [0.1, 0.15) is 19.8 Å². The predicted octanol–water partition coefficient (Wildman–Crippen LogP) is 1.50. The van der Waals surface area contributed by atoms with Crippen LogP contribution in [0.15, 0.2) is 0 Å². The zero-order valence-electron chi connectivity index (χ0n) is 10.1. The zero-order chi connectivity index (χ0) is 11.6. The SMILES string of the molecule is CC(CN)(NC(=O)C1CSCCS1)C1CC1.Cl. The van der Waals surface area contributed by atoms with Crippen molar-refractivity contribution in [3.63, 3.8) is 0 Å². The van der Waals surface area contributed by atoms with Crippen LogP contribution in [0.4, 0.5) is 0 Å². The van der Waals surface area contributed by atoms with Gasteiger partial charge in [0.25, 0.3) is 0 Å². The summed E-state index contributed by atoms with van der Waals surface area (Å²) in [5.41, 5.74) is 5.63. The second-order valence-corrected chi connectivity index (χ2v) is 7.28. The Morgan fingerprint density at radius 2 is 2.18 bits per heavy atom. The maximum Gasteiger partial charge on any atom is 0.234 e. The van der Waals surface area contributed by atoms with Gasteiger partial charge in [0, 0.05) is 23.8 Å². The molecule has 2 aliphatic rings. The summed E-state index contributed by atoms with van der Waals surface area (Å²) >= 11 is 3.66. The minimum absolute atomic E-state index is 0. The van der Waals surface area contributed by atoms with Crippen molar-refractivity contribution in [3.05, 3.63) is 0 Å². The maximum absolute atomic E-state index is 12.1. The zero-order valence-corrected chi connectivity index (χ0v) is 12.6. The number of amides is 1. The number of rotatable bonds is 4. The number of carbonyl (C=O) groups excluding carboxylic acids is 1. The van der Waals surface area contributed by atoms with Gasteiger partial charge >= 0.3 is 0 Å². The smallest absolute Gasteiger partial charge is 0.234 e.